The lowest BCUT2D eigenvalue weighted by Crippen LogP contribution is -2.40. The van der Waals surface area contributed by atoms with Crippen molar-refractivity contribution in [2.24, 2.45) is 5.92 Å². The first kappa shape index (κ1) is 15.7. The van der Waals surface area contributed by atoms with Crippen LogP contribution in [-0.2, 0) is 16.2 Å². The van der Waals surface area contributed by atoms with E-state index < -0.39 is 0 Å². The van der Waals surface area contributed by atoms with E-state index in [0.717, 1.165) is 38.1 Å². The molecule has 6 heteroatoms. The Bertz CT molecular complexity index is 674. The summed E-state index contributed by atoms with van der Waals surface area (Å²) in [5, 5.41) is 0. The summed E-state index contributed by atoms with van der Waals surface area (Å²) in [6.07, 6.45) is 7.27. The number of hydroxylamine groups is 1. The first-order valence-electron chi connectivity index (χ1n) is 7.94. The molecule has 6 nitrogen and oxygen atoms in total. The van der Waals surface area contributed by atoms with Crippen LogP contribution >= 0.6 is 0 Å². The fourth-order valence-corrected chi connectivity index (χ4v) is 2.94. The molecule has 0 aliphatic carbocycles. The van der Waals surface area contributed by atoms with Crippen molar-refractivity contribution in [3.63, 3.8) is 0 Å². The molecule has 0 unspecified atom stereocenters. The van der Waals surface area contributed by atoms with Gasteiger partial charge in [-0.3, -0.25) is 14.5 Å². The fraction of sp³-hybridized carbons (Fsp3) is 0.412. The highest BCUT2D eigenvalue weighted by atomic mass is 16.6. The van der Waals surface area contributed by atoms with Crippen molar-refractivity contribution < 1.29 is 9.63 Å². The van der Waals surface area contributed by atoms with Crippen LogP contribution in [0, 0.1) is 5.92 Å². The lowest BCUT2D eigenvalue weighted by atomic mass is 9.96. The molecule has 2 aromatic rings. The maximum absolute atomic E-state index is 12.0. The van der Waals surface area contributed by atoms with Crippen LogP contribution in [0.2, 0.25) is 0 Å². The van der Waals surface area contributed by atoms with Crippen LogP contribution in [0.15, 0.2) is 43.2 Å². The van der Waals surface area contributed by atoms with Crippen molar-refractivity contribution in [2.45, 2.75) is 19.4 Å². The van der Waals surface area contributed by atoms with E-state index in [0.29, 0.717) is 6.61 Å². The van der Waals surface area contributed by atoms with Gasteiger partial charge < -0.3 is 4.40 Å². The van der Waals surface area contributed by atoms with Crippen molar-refractivity contribution in [3.8, 4) is 0 Å². The fourth-order valence-electron chi connectivity index (χ4n) is 2.94. The predicted molar refractivity (Wildman–Crippen MR) is 87.5 cm³/mol. The third-order valence-corrected chi connectivity index (χ3v) is 4.21. The third kappa shape index (κ3) is 3.78. The van der Waals surface area contributed by atoms with Gasteiger partial charge >= 0.3 is 0 Å². The van der Waals surface area contributed by atoms with Gasteiger partial charge in [-0.15, -0.1) is 6.58 Å². The Morgan fingerprint density at radius 1 is 1.43 bits per heavy atom. The number of carbonyl (C=O) groups is 1. The number of amides is 1. The van der Waals surface area contributed by atoms with Crippen LogP contribution in [0.4, 0.5) is 0 Å². The number of hydrogen-bond donors (Lipinski definition) is 1. The molecule has 23 heavy (non-hydrogen) atoms. The second kappa shape index (κ2) is 7.39. The molecule has 0 spiro atoms. The topological polar surface area (TPSA) is 58.9 Å². The molecule has 1 aliphatic heterocycles. The highest BCUT2D eigenvalue weighted by Crippen LogP contribution is 2.19. The molecule has 122 valence electrons. The molecule has 1 amide bonds. The molecule has 0 saturated carbocycles. The summed E-state index contributed by atoms with van der Waals surface area (Å²) in [6.45, 7) is 6.54. The van der Waals surface area contributed by atoms with Crippen molar-refractivity contribution in [1.82, 2.24) is 19.8 Å². The molecule has 0 radical (unpaired) electrons. The van der Waals surface area contributed by atoms with E-state index in [-0.39, 0.29) is 11.8 Å². The zero-order chi connectivity index (χ0) is 16.1. The van der Waals surface area contributed by atoms with E-state index in [4.69, 9.17) is 4.84 Å². The van der Waals surface area contributed by atoms with Gasteiger partial charge in [0.2, 0.25) is 5.91 Å². The highest BCUT2D eigenvalue weighted by Gasteiger charge is 2.25. The number of rotatable bonds is 6. The molecular formula is C17H22N4O2. The Morgan fingerprint density at radius 3 is 3.04 bits per heavy atom. The van der Waals surface area contributed by atoms with Gasteiger partial charge in [0.05, 0.1) is 18.5 Å². The van der Waals surface area contributed by atoms with Gasteiger partial charge in [-0.25, -0.2) is 10.5 Å². The number of hydrogen-bond acceptors (Lipinski definition) is 4. The molecular weight excluding hydrogens is 292 g/mol. The van der Waals surface area contributed by atoms with Gasteiger partial charge in [0.1, 0.15) is 5.65 Å². The van der Waals surface area contributed by atoms with Gasteiger partial charge in [0.25, 0.3) is 0 Å². The molecule has 1 N–H and O–H groups in total. The number of imidazole rings is 1. The first-order chi connectivity index (χ1) is 11.3. The van der Waals surface area contributed by atoms with Crippen molar-refractivity contribution in [3.05, 3.63) is 48.9 Å². The van der Waals surface area contributed by atoms with Crippen molar-refractivity contribution in [2.75, 3.05) is 19.7 Å². The average Bonchev–Trinajstić information content (AvgIpc) is 2.99. The van der Waals surface area contributed by atoms with Gasteiger partial charge in [-0.2, -0.15) is 0 Å². The van der Waals surface area contributed by atoms with Crippen LogP contribution in [0.5, 0.6) is 0 Å². The summed E-state index contributed by atoms with van der Waals surface area (Å²) >= 11 is 0. The van der Waals surface area contributed by atoms with Crippen molar-refractivity contribution >= 4 is 11.6 Å². The maximum atomic E-state index is 12.0. The zero-order valence-electron chi connectivity index (χ0n) is 13.1. The Kier molecular flexibility index (Phi) is 5.05. The molecule has 1 fully saturated rings. The van der Waals surface area contributed by atoms with Gasteiger partial charge in [-0.1, -0.05) is 12.1 Å². The molecule has 1 aliphatic rings. The Hall–Kier alpha value is -2.18. The third-order valence-electron chi connectivity index (χ3n) is 4.21. The van der Waals surface area contributed by atoms with Gasteiger partial charge in [0, 0.05) is 18.7 Å². The van der Waals surface area contributed by atoms with Crippen LogP contribution in [0.1, 0.15) is 18.5 Å². The minimum atomic E-state index is -0.0266. The monoisotopic (exact) mass is 314 g/mol. The second-order valence-corrected chi connectivity index (χ2v) is 5.79. The molecule has 0 atom stereocenters. The number of piperidine rings is 1. The van der Waals surface area contributed by atoms with Crippen LogP contribution < -0.4 is 5.48 Å². The van der Waals surface area contributed by atoms with Gasteiger partial charge in [-0.05, 0) is 38.1 Å². The van der Waals surface area contributed by atoms with Gasteiger partial charge in [0.15, 0.2) is 0 Å². The summed E-state index contributed by atoms with van der Waals surface area (Å²) in [7, 11) is 0. The SMILES string of the molecule is C=CCONC(=O)C1CCN(Cc2cnc3ccccn23)CC1. The normalized spacial score (nSPS) is 16.5. The minimum absolute atomic E-state index is 0.0262. The summed E-state index contributed by atoms with van der Waals surface area (Å²) in [6, 6.07) is 6.01. The lowest BCUT2D eigenvalue weighted by molar-refractivity contribution is -0.138. The number of nitrogens with zero attached hydrogens (tertiary/aromatic N) is 3. The zero-order valence-corrected chi connectivity index (χ0v) is 13.1. The molecule has 3 rings (SSSR count). The van der Waals surface area contributed by atoms with Crippen LogP contribution in [-0.4, -0.2) is 39.9 Å². The van der Waals surface area contributed by atoms with E-state index in [1.165, 1.54) is 5.69 Å². The number of likely N-dealkylation sites (tertiary alicyclic amines) is 1. The molecule has 0 bridgehead atoms. The summed E-state index contributed by atoms with van der Waals surface area (Å²) in [4.78, 5) is 23.8. The molecule has 0 aromatic carbocycles. The van der Waals surface area contributed by atoms with E-state index in [9.17, 15) is 4.79 Å². The van der Waals surface area contributed by atoms with E-state index in [2.05, 4.69) is 26.3 Å². The molecule has 1 saturated heterocycles. The number of fused-ring (bicyclic) bond motifs is 1. The largest absolute Gasteiger partial charge is 0.303 e. The van der Waals surface area contributed by atoms with E-state index in [1.54, 1.807) is 6.08 Å². The number of carbonyl (C=O) groups excluding carboxylic acids is 1. The average molecular weight is 314 g/mol. The molecule has 2 aromatic heterocycles. The Balaban J connectivity index is 1.51. The number of nitrogens with one attached hydrogen (secondary N) is 1. The number of aromatic nitrogens is 2. The first-order valence-corrected chi connectivity index (χ1v) is 7.94. The summed E-state index contributed by atoms with van der Waals surface area (Å²) < 4.78 is 2.11. The highest BCUT2D eigenvalue weighted by molar-refractivity contribution is 5.77. The van der Waals surface area contributed by atoms with Crippen molar-refractivity contribution in [1.29, 1.82) is 0 Å². The summed E-state index contributed by atoms with van der Waals surface area (Å²) in [5.74, 6) is -0.000414. The van der Waals surface area contributed by atoms with Crippen LogP contribution in [0.3, 0.4) is 0 Å². The number of pyridine rings is 1. The predicted octanol–water partition coefficient (Wildman–Crippen LogP) is 1.78. The smallest absolute Gasteiger partial charge is 0.246 e. The van der Waals surface area contributed by atoms with E-state index in [1.807, 2.05) is 30.6 Å². The minimum Gasteiger partial charge on any atom is -0.303 e. The lowest BCUT2D eigenvalue weighted by Gasteiger charge is -2.30. The second-order valence-electron chi connectivity index (χ2n) is 5.79. The maximum Gasteiger partial charge on any atom is 0.246 e. The standard InChI is InChI=1S/C17H22N4O2/c1-2-11-23-19-17(22)14-6-9-20(10-7-14)13-15-12-18-16-5-3-4-8-21(15)16/h2-5,8,12,14H,1,6-7,9-11,13H2,(H,19,22). The Labute approximate surface area is 135 Å². The summed E-state index contributed by atoms with van der Waals surface area (Å²) in [5.41, 5.74) is 4.64. The van der Waals surface area contributed by atoms with Crippen LogP contribution in [0.25, 0.3) is 5.65 Å². The Morgan fingerprint density at radius 2 is 2.26 bits per heavy atom. The van der Waals surface area contributed by atoms with E-state index >= 15 is 0 Å². The molecule has 3 heterocycles. The quantitative estimate of drug-likeness (QED) is 0.502.